The molecule has 1 aliphatic rings. The topological polar surface area (TPSA) is 50.4 Å². The minimum atomic E-state index is -0.0461. The Kier molecular flexibility index (Phi) is 5.21. The van der Waals surface area contributed by atoms with Gasteiger partial charge >= 0.3 is 0 Å². The highest BCUT2D eigenvalue weighted by Crippen LogP contribution is 2.30. The Bertz CT molecular complexity index is 420. The van der Waals surface area contributed by atoms with E-state index in [1.54, 1.807) is 7.11 Å². The van der Waals surface area contributed by atoms with Crippen LogP contribution in [0.25, 0.3) is 0 Å². The Labute approximate surface area is 114 Å². The molecule has 1 amide bonds. The van der Waals surface area contributed by atoms with Crippen molar-refractivity contribution in [2.45, 2.75) is 25.2 Å². The van der Waals surface area contributed by atoms with Gasteiger partial charge in [0.05, 0.1) is 5.92 Å². The smallest absolute Gasteiger partial charge is 0.229 e. The van der Waals surface area contributed by atoms with E-state index < -0.39 is 0 Å². The van der Waals surface area contributed by atoms with Crippen LogP contribution in [-0.2, 0) is 9.53 Å². The molecule has 1 aliphatic heterocycles. The van der Waals surface area contributed by atoms with Gasteiger partial charge in [-0.3, -0.25) is 4.79 Å². The van der Waals surface area contributed by atoms with Crippen molar-refractivity contribution in [2.75, 3.05) is 32.1 Å². The number of hydrogen-bond acceptors (Lipinski definition) is 3. The van der Waals surface area contributed by atoms with Crippen LogP contribution in [0.5, 0.6) is 0 Å². The number of hydrogen-bond donors (Lipinski definition) is 2. The molecule has 0 saturated heterocycles. The number of para-hydroxylation sites is 1. The number of methoxy groups -OCH3 is 1. The van der Waals surface area contributed by atoms with Crippen LogP contribution in [0.3, 0.4) is 0 Å². The molecule has 4 nitrogen and oxygen atoms in total. The number of rotatable bonds is 7. The van der Waals surface area contributed by atoms with Crippen LogP contribution in [-0.4, -0.2) is 32.7 Å². The first-order chi connectivity index (χ1) is 9.33. The Morgan fingerprint density at radius 2 is 2.21 bits per heavy atom. The second-order valence-corrected chi connectivity index (χ2v) is 4.87. The molecule has 19 heavy (non-hydrogen) atoms. The first-order valence-electron chi connectivity index (χ1n) is 6.92. The molecule has 0 aromatic heterocycles. The second-order valence-electron chi connectivity index (χ2n) is 4.87. The maximum Gasteiger partial charge on any atom is 0.229 e. The SMILES string of the molecule is COCCCCCNC(=O)C1CNc2ccccc21. The van der Waals surface area contributed by atoms with E-state index in [-0.39, 0.29) is 11.8 Å². The molecule has 104 valence electrons. The fourth-order valence-electron chi connectivity index (χ4n) is 2.40. The third-order valence-electron chi connectivity index (χ3n) is 3.47. The fourth-order valence-corrected chi connectivity index (χ4v) is 2.40. The number of amides is 1. The van der Waals surface area contributed by atoms with Gasteiger partial charge < -0.3 is 15.4 Å². The largest absolute Gasteiger partial charge is 0.385 e. The van der Waals surface area contributed by atoms with E-state index in [1.165, 1.54) is 0 Å². The molecular formula is C15H22N2O2. The highest BCUT2D eigenvalue weighted by molar-refractivity contribution is 5.88. The maximum absolute atomic E-state index is 12.1. The van der Waals surface area contributed by atoms with Crippen molar-refractivity contribution in [3.05, 3.63) is 29.8 Å². The summed E-state index contributed by atoms with van der Waals surface area (Å²) in [5.41, 5.74) is 2.20. The molecule has 1 unspecified atom stereocenters. The molecule has 0 saturated carbocycles. The van der Waals surface area contributed by atoms with E-state index in [4.69, 9.17) is 4.74 Å². The first kappa shape index (κ1) is 13.9. The lowest BCUT2D eigenvalue weighted by atomic mass is 10.0. The van der Waals surface area contributed by atoms with Gasteiger partial charge in [-0.05, 0) is 30.9 Å². The van der Waals surface area contributed by atoms with Crippen molar-refractivity contribution < 1.29 is 9.53 Å². The molecule has 2 N–H and O–H groups in total. The Morgan fingerprint density at radius 3 is 3.05 bits per heavy atom. The zero-order valence-corrected chi connectivity index (χ0v) is 11.4. The van der Waals surface area contributed by atoms with Gasteiger partial charge in [-0.15, -0.1) is 0 Å². The van der Waals surface area contributed by atoms with Crippen molar-refractivity contribution in [3.8, 4) is 0 Å². The molecule has 0 radical (unpaired) electrons. The van der Waals surface area contributed by atoms with Crippen molar-refractivity contribution in [1.82, 2.24) is 5.32 Å². The zero-order valence-electron chi connectivity index (χ0n) is 11.4. The monoisotopic (exact) mass is 262 g/mol. The van der Waals surface area contributed by atoms with Gasteiger partial charge in [0.15, 0.2) is 0 Å². The maximum atomic E-state index is 12.1. The van der Waals surface area contributed by atoms with E-state index in [0.29, 0.717) is 6.54 Å². The summed E-state index contributed by atoms with van der Waals surface area (Å²) in [6, 6.07) is 8.02. The number of carbonyl (C=O) groups is 1. The summed E-state index contributed by atoms with van der Waals surface area (Å²) < 4.78 is 4.99. The standard InChI is InChI=1S/C15H22N2O2/c1-19-10-6-2-5-9-16-15(18)13-11-17-14-8-4-3-7-12(13)14/h3-4,7-8,13,17H,2,5-6,9-11H2,1H3,(H,16,18). The summed E-state index contributed by atoms with van der Waals surface area (Å²) in [4.78, 5) is 12.1. The third-order valence-corrected chi connectivity index (χ3v) is 3.47. The number of nitrogens with one attached hydrogen (secondary N) is 2. The minimum absolute atomic E-state index is 0.0461. The van der Waals surface area contributed by atoms with Crippen LogP contribution in [0.15, 0.2) is 24.3 Å². The number of benzene rings is 1. The van der Waals surface area contributed by atoms with E-state index in [2.05, 4.69) is 10.6 Å². The van der Waals surface area contributed by atoms with Crippen LogP contribution in [0.2, 0.25) is 0 Å². The molecule has 0 spiro atoms. The van der Waals surface area contributed by atoms with E-state index in [9.17, 15) is 4.79 Å². The quantitative estimate of drug-likeness (QED) is 0.740. The molecule has 1 heterocycles. The van der Waals surface area contributed by atoms with E-state index >= 15 is 0 Å². The number of unbranched alkanes of at least 4 members (excludes halogenated alkanes) is 2. The van der Waals surface area contributed by atoms with Gasteiger partial charge in [-0.1, -0.05) is 18.2 Å². The van der Waals surface area contributed by atoms with Crippen molar-refractivity contribution in [1.29, 1.82) is 0 Å². The molecule has 0 fully saturated rings. The van der Waals surface area contributed by atoms with Crippen LogP contribution >= 0.6 is 0 Å². The summed E-state index contributed by atoms with van der Waals surface area (Å²) in [6.07, 6.45) is 3.16. The number of fused-ring (bicyclic) bond motifs is 1. The van der Waals surface area contributed by atoms with Gasteiger partial charge in [-0.2, -0.15) is 0 Å². The van der Waals surface area contributed by atoms with Crippen molar-refractivity contribution >= 4 is 11.6 Å². The predicted octanol–water partition coefficient (Wildman–Crippen LogP) is 2.13. The molecule has 1 aromatic carbocycles. The summed E-state index contributed by atoms with van der Waals surface area (Å²) >= 11 is 0. The van der Waals surface area contributed by atoms with Crippen molar-refractivity contribution in [3.63, 3.8) is 0 Å². The first-order valence-corrected chi connectivity index (χ1v) is 6.92. The highest BCUT2D eigenvalue weighted by atomic mass is 16.5. The van der Waals surface area contributed by atoms with Crippen LogP contribution in [0, 0.1) is 0 Å². The molecule has 0 bridgehead atoms. The van der Waals surface area contributed by atoms with E-state index in [0.717, 1.165) is 43.7 Å². The van der Waals surface area contributed by atoms with Gasteiger partial charge in [0.25, 0.3) is 0 Å². The summed E-state index contributed by atoms with van der Waals surface area (Å²) in [6.45, 7) is 2.25. The molecule has 1 aromatic rings. The van der Waals surface area contributed by atoms with Gasteiger partial charge in [0.2, 0.25) is 5.91 Å². The Balaban J connectivity index is 1.73. The summed E-state index contributed by atoms with van der Waals surface area (Å²) in [5.74, 6) is 0.0827. The fraction of sp³-hybridized carbons (Fsp3) is 0.533. The lowest BCUT2D eigenvalue weighted by molar-refractivity contribution is -0.122. The van der Waals surface area contributed by atoms with Crippen LogP contribution in [0.4, 0.5) is 5.69 Å². The van der Waals surface area contributed by atoms with Gasteiger partial charge in [0.1, 0.15) is 0 Å². The van der Waals surface area contributed by atoms with Crippen LogP contribution in [0.1, 0.15) is 30.7 Å². The predicted molar refractivity (Wildman–Crippen MR) is 76.4 cm³/mol. The second kappa shape index (κ2) is 7.14. The van der Waals surface area contributed by atoms with Crippen LogP contribution < -0.4 is 10.6 Å². The number of anilines is 1. The lowest BCUT2D eigenvalue weighted by Gasteiger charge is -2.11. The molecule has 1 atom stereocenters. The zero-order chi connectivity index (χ0) is 13.5. The highest BCUT2D eigenvalue weighted by Gasteiger charge is 2.27. The Hall–Kier alpha value is -1.55. The molecule has 2 rings (SSSR count). The molecular weight excluding hydrogens is 240 g/mol. The summed E-state index contributed by atoms with van der Waals surface area (Å²) in [7, 11) is 1.71. The third kappa shape index (κ3) is 3.70. The van der Waals surface area contributed by atoms with Gasteiger partial charge in [0, 0.05) is 32.5 Å². The Morgan fingerprint density at radius 1 is 1.37 bits per heavy atom. The summed E-state index contributed by atoms with van der Waals surface area (Å²) in [5, 5.41) is 6.29. The van der Waals surface area contributed by atoms with E-state index in [1.807, 2.05) is 24.3 Å². The normalized spacial score (nSPS) is 16.8. The average molecular weight is 262 g/mol. The number of carbonyl (C=O) groups excluding carboxylic acids is 1. The minimum Gasteiger partial charge on any atom is -0.385 e. The lowest BCUT2D eigenvalue weighted by Crippen LogP contribution is -2.31. The van der Waals surface area contributed by atoms with Gasteiger partial charge in [-0.25, -0.2) is 0 Å². The van der Waals surface area contributed by atoms with Crippen molar-refractivity contribution in [2.24, 2.45) is 0 Å². The average Bonchev–Trinajstić information content (AvgIpc) is 2.86. The molecule has 4 heteroatoms. The molecule has 0 aliphatic carbocycles. The number of ether oxygens (including phenoxy) is 1.